The molecule has 0 aromatic rings. The number of carbonyl (C=O) groups excluding carboxylic acids is 1. The van der Waals surface area contributed by atoms with Gasteiger partial charge in [0.15, 0.2) is 0 Å². The molecule has 0 N–H and O–H groups in total. The highest BCUT2D eigenvalue weighted by Crippen LogP contribution is 2.37. The van der Waals surface area contributed by atoms with Crippen molar-refractivity contribution < 1.29 is 4.79 Å². The van der Waals surface area contributed by atoms with Crippen molar-refractivity contribution in [3.8, 4) is 0 Å². The van der Waals surface area contributed by atoms with Gasteiger partial charge in [-0.15, -0.1) is 11.6 Å². The van der Waals surface area contributed by atoms with Crippen LogP contribution in [0.1, 0.15) is 32.6 Å². The molecule has 2 unspecified atom stereocenters. The van der Waals surface area contributed by atoms with E-state index >= 15 is 0 Å². The third kappa shape index (κ3) is 2.22. The average molecular weight is 216 g/mol. The number of amides is 1. The fraction of sp³-hybridized carbons (Fsp3) is 0.909. The second-order valence-electron chi connectivity index (χ2n) is 4.65. The Balaban J connectivity index is 1.89. The van der Waals surface area contributed by atoms with Crippen LogP contribution in [0.2, 0.25) is 0 Å². The van der Waals surface area contributed by atoms with Gasteiger partial charge in [-0.2, -0.15) is 0 Å². The van der Waals surface area contributed by atoms with E-state index in [1.54, 1.807) is 0 Å². The molecular weight excluding hydrogens is 198 g/mol. The highest BCUT2D eigenvalue weighted by atomic mass is 35.5. The maximum absolute atomic E-state index is 12.0. The molecule has 2 atom stereocenters. The Hall–Kier alpha value is -0.240. The van der Waals surface area contributed by atoms with Crippen LogP contribution in [-0.4, -0.2) is 29.3 Å². The predicted octanol–water partition coefficient (Wildman–Crippen LogP) is 2.26. The van der Waals surface area contributed by atoms with Crippen LogP contribution in [0.5, 0.6) is 0 Å². The van der Waals surface area contributed by atoms with E-state index in [0.29, 0.717) is 11.8 Å². The first kappa shape index (κ1) is 10.3. The van der Waals surface area contributed by atoms with Gasteiger partial charge in [-0.3, -0.25) is 4.79 Å². The number of nitrogens with zero attached hydrogens (tertiary/aromatic N) is 1. The summed E-state index contributed by atoms with van der Waals surface area (Å²) < 4.78 is 0. The minimum atomic E-state index is 0.180. The van der Waals surface area contributed by atoms with Crippen molar-refractivity contribution in [2.45, 2.75) is 38.0 Å². The maximum atomic E-state index is 12.0. The molecule has 0 radical (unpaired) electrons. The van der Waals surface area contributed by atoms with Crippen molar-refractivity contribution in [1.29, 1.82) is 0 Å². The van der Waals surface area contributed by atoms with Gasteiger partial charge in [-0.1, -0.05) is 6.92 Å². The summed E-state index contributed by atoms with van der Waals surface area (Å²) in [6.07, 6.45) is 4.61. The fourth-order valence-corrected chi connectivity index (χ4v) is 2.53. The van der Waals surface area contributed by atoms with Crippen LogP contribution in [0.3, 0.4) is 0 Å². The van der Waals surface area contributed by atoms with E-state index in [1.807, 2.05) is 4.90 Å². The van der Waals surface area contributed by atoms with Gasteiger partial charge in [0, 0.05) is 19.0 Å². The van der Waals surface area contributed by atoms with Gasteiger partial charge in [-0.25, -0.2) is 0 Å². The molecule has 1 amide bonds. The van der Waals surface area contributed by atoms with E-state index in [2.05, 4.69) is 6.92 Å². The van der Waals surface area contributed by atoms with E-state index in [1.165, 1.54) is 12.8 Å². The highest BCUT2D eigenvalue weighted by molar-refractivity contribution is 6.20. The first-order chi connectivity index (χ1) is 6.68. The molecule has 1 heterocycles. The molecule has 0 aromatic heterocycles. The number of piperidine rings is 1. The Kier molecular flexibility index (Phi) is 3.01. The lowest BCUT2D eigenvalue weighted by Gasteiger charge is -2.31. The van der Waals surface area contributed by atoms with Crippen molar-refractivity contribution in [2.75, 3.05) is 13.1 Å². The number of carbonyl (C=O) groups is 1. The molecule has 14 heavy (non-hydrogen) atoms. The molecule has 3 heteroatoms. The first-order valence-corrected chi connectivity index (χ1v) is 6.05. The SMILES string of the molecule is CC(C(=O)N1CCCC(Cl)C1)C1CC1. The van der Waals surface area contributed by atoms with Crippen LogP contribution < -0.4 is 0 Å². The normalized spacial score (nSPS) is 30.1. The zero-order valence-electron chi connectivity index (χ0n) is 8.71. The lowest BCUT2D eigenvalue weighted by atomic mass is 10.0. The summed E-state index contributed by atoms with van der Waals surface area (Å²) in [6.45, 7) is 3.74. The van der Waals surface area contributed by atoms with Crippen LogP contribution in [0, 0.1) is 11.8 Å². The summed E-state index contributed by atoms with van der Waals surface area (Å²) in [5.74, 6) is 1.23. The second kappa shape index (κ2) is 4.09. The largest absolute Gasteiger partial charge is 0.341 e. The summed E-state index contributed by atoms with van der Waals surface area (Å²) >= 11 is 6.06. The molecule has 0 aromatic carbocycles. The van der Waals surface area contributed by atoms with Crippen LogP contribution in [0.25, 0.3) is 0 Å². The summed E-state index contributed by atoms with van der Waals surface area (Å²) in [7, 11) is 0. The van der Waals surface area contributed by atoms with E-state index in [0.717, 1.165) is 25.9 Å². The summed E-state index contributed by atoms with van der Waals surface area (Å²) in [5, 5.41) is 0.180. The van der Waals surface area contributed by atoms with Gasteiger partial charge < -0.3 is 4.90 Å². The predicted molar refractivity (Wildman–Crippen MR) is 57.3 cm³/mol. The Labute approximate surface area is 90.6 Å². The molecule has 1 aliphatic heterocycles. The number of hydrogen-bond donors (Lipinski definition) is 0. The van der Waals surface area contributed by atoms with E-state index in [9.17, 15) is 4.79 Å². The van der Waals surface area contributed by atoms with Gasteiger partial charge in [0.05, 0.1) is 5.38 Å². The first-order valence-electron chi connectivity index (χ1n) is 5.61. The van der Waals surface area contributed by atoms with Crippen molar-refractivity contribution in [2.24, 2.45) is 11.8 Å². The van der Waals surface area contributed by atoms with Gasteiger partial charge in [-0.05, 0) is 31.6 Å². The van der Waals surface area contributed by atoms with Crippen molar-refractivity contribution in [3.63, 3.8) is 0 Å². The van der Waals surface area contributed by atoms with E-state index in [-0.39, 0.29) is 11.3 Å². The van der Waals surface area contributed by atoms with Gasteiger partial charge >= 0.3 is 0 Å². The Morgan fingerprint density at radius 1 is 1.43 bits per heavy atom. The number of alkyl halides is 1. The lowest BCUT2D eigenvalue weighted by Crippen LogP contribution is -2.43. The van der Waals surface area contributed by atoms with Crippen molar-refractivity contribution in [1.82, 2.24) is 4.90 Å². The zero-order chi connectivity index (χ0) is 10.1. The summed E-state index contributed by atoms with van der Waals surface area (Å²) in [4.78, 5) is 14.0. The lowest BCUT2D eigenvalue weighted by molar-refractivity contribution is -0.136. The molecule has 1 aliphatic carbocycles. The van der Waals surface area contributed by atoms with Crippen LogP contribution in [0.4, 0.5) is 0 Å². The Morgan fingerprint density at radius 3 is 2.71 bits per heavy atom. The van der Waals surface area contributed by atoms with Crippen LogP contribution in [-0.2, 0) is 4.79 Å². The smallest absolute Gasteiger partial charge is 0.225 e. The minimum absolute atomic E-state index is 0.180. The number of likely N-dealkylation sites (tertiary alicyclic amines) is 1. The minimum Gasteiger partial charge on any atom is -0.341 e. The summed E-state index contributed by atoms with van der Waals surface area (Å²) in [6, 6.07) is 0. The molecule has 80 valence electrons. The summed E-state index contributed by atoms with van der Waals surface area (Å²) in [5.41, 5.74) is 0. The number of halogens is 1. The Bertz CT molecular complexity index is 227. The van der Waals surface area contributed by atoms with E-state index in [4.69, 9.17) is 11.6 Å². The molecule has 0 bridgehead atoms. The quantitative estimate of drug-likeness (QED) is 0.648. The van der Waals surface area contributed by atoms with Gasteiger partial charge in [0.25, 0.3) is 0 Å². The third-order valence-corrected chi connectivity index (χ3v) is 3.75. The molecular formula is C11H18ClNO. The highest BCUT2D eigenvalue weighted by Gasteiger charge is 2.35. The van der Waals surface area contributed by atoms with Crippen LogP contribution >= 0.6 is 11.6 Å². The molecule has 0 spiro atoms. The van der Waals surface area contributed by atoms with E-state index < -0.39 is 0 Å². The monoisotopic (exact) mass is 215 g/mol. The Morgan fingerprint density at radius 2 is 2.14 bits per heavy atom. The van der Waals surface area contributed by atoms with Crippen molar-refractivity contribution >= 4 is 17.5 Å². The molecule has 1 saturated carbocycles. The molecule has 1 saturated heterocycles. The van der Waals surface area contributed by atoms with Crippen LogP contribution in [0.15, 0.2) is 0 Å². The number of rotatable bonds is 2. The molecule has 2 aliphatic rings. The van der Waals surface area contributed by atoms with Gasteiger partial charge in [0.1, 0.15) is 0 Å². The van der Waals surface area contributed by atoms with Gasteiger partial charge in [0.2, 0.25) is 5.91 Å². The second-order valence-corrected chi connectivity index (χ2v) is 5.27. The number of hydrogen-bond acceptors (Lipinski definition) is 1. The molecule has 2 fully saturated rings. The topological polar surface area (TPSA) is 20.3 Å². The molecule has 2 nitrogen and oxygen atoms in total. The fourth-order valence-electron chi connectivity index (χ4n) is 2.21. The average Bonchev–Trinajstić information content (AvgIpc) is 2.99. The third-order valence-electron chi connectivity index (χ3n) is 3.39. The standard InChI is InChI=1S/C11H18ClNO/c1-8(9-4-5-9)11(14)13-6-2-3-10(12)7-13/h8-10H,2-7H2,1H3. The maximum Gasteiger partial charge on any atom is 0.225 e. The van der Waals surface area contributed by atoms with Crippen molar-refractivity contribution in [3.05, 3.63) is 0 Å². The zero-order valence-corrected chi connectivity index (χ0v) is 9.46. The molecule has 2 rings (SSSR count).